The molecule has 4 heteroatoms. The van der Waals surface area contributed by atoms with Crippen LogP contribution in [0, 0.1) is 5.41 Å². The lowest BCUT2D eigenvalue weighted by Gasteiger charge is -2.02. The van der Waals surface area contributed by atoms with Crippen molar-refractivity contribution in [2.75, 3.05) is 7.11 Å². The van der Waals surface area contributed by atoms with Gasteiger partial charge >= 0.3 is 5.97 Å². The molecule has 0 atom stereocenters. The molecule has 0 aliphatic rings. The van der Waals surface area contributed by atoms with Gasteiger partial charge in [0.1, 0.15) is 5.71 Å². The number of hydrogen-bond acceptors (Lipinski definition) is 3. The molecule has 1 aromatic carbocycles. The number of benzene rings is 1. The van der Waals surface area contributed by atoms with Gasteiger partial charge < -0.3 is 4.74 Å². The molecule has 0 aliphatic heterocycles. The molecule has 0 bridgehead atoms. The van der Waals surface area contributed by atoms with Crippen LogP contribution in [0.15, 0.2) is 24.3 Å². The third kappa shape index (κ3) is 2.06. The van der Waals surface area contributed by atoms with Gasteiger partial charge in [0.05, 0.1) is 12.1 Å². The molecule has 0 saturated carbocycles. The number of rotatable bonds is 2. The fourth-order valence-electron chi connectivity index (χ4n) is 0.876. The van der Waals surface area contributed by atoms with Crippen LogP contribution in [0.5, 0.6) is 0 Å². The van der Waals surface area contributed by atoms with Crippen LogP contribution in [0.2, 0.25) is 5.02 Å². The molecular weight excluding hydrogens is 190 g/mol. The van der Waals surface area contributed by atoms with E-state index < -0.39 is 5.97 Å². The van der Waals surface area contributed by atoms with Crippen LogP contribution in [0.1, 0.15) is 5.56 Å². The number of halogens is 1. The monoisotopic (exact) mass is 197 g/mol. The van der Waals surface area contributed by atoms with Crippen molar-refractivity contribution in [2.45, 2.75) is 0 Å². The van der Waals surface area contributed by atoms with E-state index >= 15 is 0 Å². The molecule has 0 saturated heterocycles. The van der Waals surface area contributed by atoms with E-state index in [2.05, 4.69) is 4.74 Å². The van der Waals surface area contributed by atoms with Gasteiger partial charge in [0.15, 0.2) is 0 Å². The highest BCUT2D eigenvalue weighted by atomic mass is 35.5. The van der Waals surface area contributed by atoms with E-state index in [4.69, 9.17) is 17.0 Å². The molecule has 3 nitrogen and oxygen atoms in total. The summed E-state index contributed by atoms with van der Waals surface area (Å²) in [5.74, 6) is -0.687. The number of nitrogens with one attached hydrogen (secondary N) is 1. The number of methoxy groups -OCH3 is 1. The molecule has 13 heavy (non-hydrogen) atoms. The summed E-state index contributed by atoms with van der Waals surface area (Å²) in [6.07, 6.45) is 0. The highest BCUT2D eigenvalue weighted by Gasteiger charge is 2.14. The minimum absolute atomic E-state index is 0.229. The molecular formula is C9H8ClNO2. The van der Waals surface area contributed by atoms with Crippen LogP contribution < -0.4 is 0 Å². The normalized spacial score (nSPS) is 9.38. The number of carbonyl (C=O) groups is 1. The Labute approximate surface area is 80.8 Å². The van der Waals surface area contributed by atoms with Gasteiger partial charge in [-0.2, -0.15) is 0 Å². The lowest BCUT2D eigenvalue weighted by molar-refractivity contribution is -0.132. The zero-order valence-electron chi connectivity index (χ0n) is 7.00. The standard InChI is InChI=1S/C9H8ClNO2/c1-13-9(12)8(11)6-4-2-3-5-7(6)10/h2-5,11H,1H3. The van der Waals surface area contributed by atoms with Gasteiger partial charge in [-0.25, -0.2) is 4.79 Å². The third-order valence-electron chi connectivity index (χ3n) is 1.53. The Hall–Kier alpha value is -1.35. The number of esters is 1. The summed E-state index contributed by atoms with van der Waals surface area (Å²) in [6, 6.07) is 6.66. The lowest BCUT2D eigenvalue weighted by atomic mass is 10.1. The summed E-state index contributed by atoms with van der Waals surface area (Å²) in [4.78, 5) is 11.0. The zero-order valence-corrected chi connectivity index (χ0v) is 7.76. The van der Waals surface area contributed by atoms with E-state index in [9.17, 15) is 4.79 Å². The molecule has 1 rings (SSSR count). The summed E-state index contributed by atoms with van der Waals surface area (Å²) >= 11 is 5.77. The predicted octanol–water partition coefficient (Wildman–Crippen LogP) is 1.88. The quantitative estimate of drug-likeness (QED) is 0.581. The van der Waals surface area contributed by atoms with Gasteiger partial charge in [-0.3, -0.25) is 5.41 Å². The van der Waals surface area contributed by atoms with Crippen LogP contribution in [0.25, 0.3) is 0 Å². The summed E-state index contributed by atoms with van der Waals surface area (Å²) in [7, 11) is 1.23. The molecule has 1 N–H and O–H groups in total. The van der Waals surface area contributed by atoms with Crippen molar-refractivity contribution in [2.24, 2.45) is 0 Å². The topological polar surface area (TPSA) is 50.2 Å². The number of carbonyl (C=O) groups excluding carboxylic acids is 1. The van der Waals surface area contributed by atoms with E-state index in [0.717, 1.165) is 0 Å². The molecule has 0 heterocycles. The second-order valence-corrected chi connectivity index (χ2v) is 2.75. The molecule has 0 spiro atoms. The van der Waals surface area contributed by atoms with Crippen molar-refractivity contribution < 1.29 is 9.53 Å². The predicted molar refractivity (Wildman–Crippen MR) is 50.3 cm³/mol. The number of hydrogen-bond donors (Lipinski definition) is 1. The Balaban J connectivity index is 3.02. The van der Waals surface area contributed by atoms with E-state index in [1.165, 1.54) is 7.11 Å². The van der Waals surface area contributed by atoms with E-state index in [1.807, 2.05) is 0 Å². The average molecular weight is 198 g/mol. The summed E-state index contributed by atoms with van der Waals surface area (Å²) in [5.41, 5.74) is 0.157. The highest BCUT2D eigenvalue weighted by molar-refractivity contribution is 6.46. The van der Waals surface area contributed by atoms with Crippen molar-refractivity contribution in [3.05, 3.63) is 34.9 Å². The first-order valence-corrected chi connectivity index (χ1v) is 3.96. The third-order valence-corrected chi connectivity index (χ3v) is 1.86. The minimum atomic E-state index is -0.687. The number of ether oxygens (including phenoxy) is 1. The Bertz CT molecular complexity index is 349. The van der Waals surface area contributed by atoms with Crippen molar-refractivity contribution in [1.82, 2.24) is 0 Å². The van der Waals surface area contributed by atoms with Crippen LogP contribution in [0.3, 0.4) is 0 Å². The second-order valence-electron chi connectivity index (χ2n) is 2.35. The van der Waals surface area contributed by atoms with Crippen molar-refractivity contribution >= 4 is 23.3 Å². The van der Waals surface area contributed by atoms with Gasteiger partial charge in [-0.15, -0.1) is 0 Å². The van der Waals surface area contributed by atoms with Gasteiger partial charge in [-0.1, -0.05) is 29.8 Å². The maximum absolute atomic E-state index is 11.0. The molecule has 0 amide bonds. The molecule has 1 aromatic rings. The fraction of sp³-hybridized carbons (Fsp3) is 0.111. The largest absolute Gasteiger partial charge is 0.464 e. The zero-order chi connectivity index (χ0) is 9.84. The van der Waals surface area contributed by atoms with Crippen LogP contribution >= 0.6 is 11.6 Å². The molecule has 0 aliphatic carbocycles. The van der Waals surface area contributed by atoms with E-state index in [1.54, 1.807) is 24.3 Å². The minimum Gasteiger partial charge on any atom is -0.464 e. The van der Waals surface area contributed by atoms with E-state index in [0.29, 0.717) is 10.6 Å². The summed E-state index contributed by atoms with van der Waals surface area (Å²) < 4.78 is 4.40. The van der Waals surface area contributed by atoms with Crippen LogP contribution in [-0.4, -0.2) is 18.8 Å². The van der Waals surface area contributed by atoms with Crippen molar-refractivity contribution in [1.29, 1.82) is 5.41 Å². The molecule has 0 unspecified atom stereocenters. The van der Waals surface area contributed by atoms with Gasteiger partial charge in [-0.05, 0) is 6.07 Å². The summed E-state index contributed by atoms with van der Waals surface area (Å²) in [5, 5.41) is 7.79. The first-order valence-electron chi connectivity index (χ1n) is 3.58. The summed E-state index contributed by atoms with van der Waals surface area (Å²) in [6.45, 7) is 0. The van der Waals surface area contributed by atoms with Crippen molar-refractivity contribution in [3.8, 4) is 0 Å². The Kier molecular flexibility index (Phi) is 3.03. The Morgan fingerprint density at radius 3 is 2.62 bits per heavy atom. The van der Waals surface area contributed by atoms with E-state index in [-0.39, 0.29) is 5.71 Å². The highest BCUT2D eigenvalue weighted by Crippen LogP contribution is 2.15. The fourth-order valence-corrected chi connectivity index (χ4v) is 1.11. The van der Waals surface area contributed by atoms with Gasteiger partial charge in [0.2, 0.25) is 0 Å². The lowest BCUT2D eigenvalue weighted by Crippen LogP contribution is -2.15. The van der Waals surface area contributed by atoms with Crippen LogP contribution in [0.4, 0.5) is 0 Å². The molecule has 0 fully saturated rings. The van der Waals surface area contributed by atoms with Gasteiger partial charge in [0, 0.05) is 5.56 Å². The Morgan fingerprint density at radius 2 is 2.08 bits per heavy atom. The maximum atomic E-state index is 11.0. The molecule has 0 radical (unpaired) electrons. The average Bonchev–Trinajstić information content (AvgIpc) is 2.16. The first kappa shape index (κ1) is 9.74. The maximum Gasteiger partial charge on any atom is 0.356 e. The molecule has 0 aromatic heterocycles. The van der Waals surface area contributed by atoms with Gasteiger partial charge in [0.25, 0.3) is 0 Å². The van der Waals surface area contributed by atoms with Crippen LogP contribution in [-0.2, 0) is 9.53 Å². The van der Waals surface area contributed by atoms with Crippen molar-refractivity contribution in [3.63, 3.8) is 0 Å². The smallest absolute Gasteiger partial charge is 0.356 e. The molecule has 68 valence electrons. The first-order chi connectivity index (χ1) is 6.16. The SMILES string of the molecule is COC(=O)C(=N)c1ccccc1Cl. The Morgan fingerprint density at radius 1 is 1.46 bits per heavy atom. The second kappa shape index (κ2) is 4.05.